The van der Waals surface area contributed by atoms with E-state index in [9.17, 15) is 4.79 Å². The summed E-state index contributed by atoms with van der Waals surface area (Å²) in [7, 11) is 0. The molecule has 4 heteroatoms. The van der Waals surface area contributed by atoms with Crippen LogP contribution in [0.4, 0.5) is 0 Å². The fourth-order valence-corrected chi connectivity index (χ4v) is 3.12. The van der Waals surface area contributed by atoms with E-state index in [1.54, 1.807) is 0 Å². The number of hydrogen-bond donors (Lipinski definition) is 1. The number of carbonyl (C=O) groups is 1. The van der Waals surface area contributed by atoms with Crippen molar-refractivity contribution in [2.75, 3.05) is 0 Å². The van der Waals surface area contributed by atoms with E-state index in [0.29, 0.717) is 11.6 Å². The van der Waals surface area contributed by atoms with Gasteiger partial charge in [-0.3, -0.25) is 4.79 Å². The van der Waals surface area contributed by atoms with Crippen molar-refractivity contribution in [2.45, 2.75) is 32.2 Å². The monoisotopic (exact) mass is 320 g/mol. The van der Waals surface area contributed by atoms with Gasteiger partial charge in [0.15, 0.2) is 5.58 Å². The van der Waals surface area contributed by atoms with Gasteiger partial charge in [0.05, 0.1) is 12.5 Å². The molecule has 1 amide bonds. The van der Waals surface area contributed by atoms with E-state index in [1.165, 1.54) is 24.0 Å². The molecule has 1 N–H and O–H groups in total. The number of nitrogens with zero attached hydrogens (tertiary/aromatic N) is 1. The average Bonchev–Trinajstić information content (AvgIpc) is 3.36. The van der Waals surface area contributed by atoms with Gasteiger partial charge in [0.1, 0.15) is 5.69 Å². The molecule has 0 radical (unpaired) electrons. The average molecular weight is 320 g/mol. The summed E-state index contributed by atoms with van der Waals surface area (Å²) in [4.78, 5) is 12.5. The van der Waals surface area contributed by atoms with Crippen molar-refractivity contribution in [1.82, 2.24) is 10.5 Å². The number of aromatic nitrogens is 1. The molecule has 1 aromatic heterocycles. The summed E-state index contributed by atoms with van der Waals surface area (Å²) >= 11 is 0. The summed E-state index contributed by atoms with van der Waals surface area (Å²) in [5.74, 6) is 0.539. The van der Waals surface area contributed by atoms with Crippen LogP contribution >= 0.6 is 0 Å². The lowest BCUT2D eigenvalue weighted by Gasteiger charge is -2.19. The molecular formula is C20H20N2O2. The second kappa shape index (κ2) is 6.11. The number of hydrogen-bond acceptors (Lipinski definition) is 3. The maximum atomic E-state index is 12.5. The van der Waals surface area contributed by atoms with Gasteiger partial charge in [0.25, 0.3) is 0 Å². The fraction of sp³-hybridized carbons (Fsp3) is 0.300. The van der Waals surface area contributed by atoms with Crippen LogP contribution in [0.1, 0.15) is 35.7 Å². The summed E-state index contributed by atoms with van der Waals surface area (Å²) in [5, 5.41) is 8.16. The van der Waals surface area contributed by atoms with Gasteiger partial charge in [0.2, 0.25) is 5.91 Å². The molecule has 24 heavy (non-hydrogen) atoms. The Bertz CT molecular complexity index is 863. The zero-order valence-electron chi connectivity index (χ0n) is 13.7. The third-order valence-electron chi connectivity index (χ3n) is 4.63. The van der Waals surface area contributed by atoms with Crippen molar-refractivity contribution in [3.05, 3.63) is 65.4 Å². The van der Waals surface area contributed by atoms with Crippen LogP contribution in [-0.4, -0.2) is 11.1 Å². The van der Waals surface area contributed by atoms with Crippen LogP contribution in [0.15, 0.2) is 53.1 Å². The smallest absolute Gasteiger partial charge is 0.226 e. The Hall–Kier alpha value is -2.62. The third kappa shape index (κ3) is 3.04. The predicted molar refractivity (Wildman–Crippen MR) is 92.5 cm³/mol. The summed E-state index contributed by atoms with van der Waals surface area (Å²) in [6.45, 7) is 2.07. The Labute approximate surface area is 140 Å². The van der Waals surface area contributed by atoms with E-state index in [4.69, 9.17) is 4.52 Å². The second-order valence-electron chi connectivity index (χ2n) is 6.60. The van der Waals surface area contributed by atoms with Crippen LogP contribution in [-0.2, 0) is 11.2 Å². The molecule has 2 aromatic carbocycles. The Kier molecular flexibility index (Phi) is 3.81. The van der Waals surface area contributed by atoms with E-state index in [0.717, 1.165) is 11.0 Å². The number of nitrogens with one attached hydrogen (secondary N) is 1. The van der Waals surface area contributed by atoms with E-state index in [2.05, 4.69) is 41.7 Å². The van der Waals surface area contributed by atoms with Gasteiger partial charge in [-0.1, -0.05) is 47.1 Å². The Morgan fingerprint density at radius 1 is 1.21 bits per heavy atom. The van der Waals surface area contributed by atoms with Crippen LogP contribution in [0.25, 0.3) is 11.0 Å². The summed E-state index contributed by atoms with van der Waals surface area (Å²) in [6, 6.07) is 16.2. The lowest BCUT2D eigenvalue weighted by atomic mass is 10.0. The minimum atomic E-state index is -0.00784. The van der Waals surface area contributed by atoms with Gasteiger partial charge in [-0.15, -0.1) is 0 Å². The highest BCUT2D eigenvalue weighted by molar-refractivity contribution is 5.86. The van der Waals surface area contributed by atoms with Crippen LogP contribution < -0.4 is 5.32 Å². The number of rotatable bonds is 5. The summed E-state index contributed by atoms with van der Waals surface area (Å²) < 4.78 is 5.28. The maximum Gasteiger partial charge on any atom is 0.226 e. The maximum absolute atomic E-state index is 12.5. The normalized spacial score (nSPS) is 15.4. The molecule has 122 valence electrons. The summed E-state index contributed by atoms with van der Waals surface area (Å²) in [6.07, 6.45) is 2.59. The highest BCUT2D eigenvalue weighted by Crippen LogP contribution is 2.41. The lowest BCUT2D eigenvalue weighted by molar-refractivity contribution is -0.121. The molecule has 1 fully saturated rings. The van der Waals surface area contributed by atoms with Gasteiger partial charge in [-0.25, -0.2) is 0 Å². The Balaban J connectivity index is 1.50. The molecule has 0 saturated heterocycles. The van der Waals surface area contributed by atoms with Crippen molar-refractivity contribution in [3.8, 4) is 0 Å². The van der Waals surface area contributed by atoms with Gasteiger partial charge in [-0.2, -0.15) is 0 Å². The predicted octanol–water partition coefficient (Wildman–Crippen LogP) is 3.95. The van der Waals surface area contributed by atoms with Crippen LogP contribution in [0.5, 0.6) is 0 Å². The van der Waals surface area contributed by atoms with Crippen molar-refractivity contribution in [3.63, 3.8) is 0 Å². The van der Waals surface area contributed by atoms with Crippen molar-refractivity contribution >= 4 is 16.9 Å². The minimum absolute atomic E-state index is 0.00784. The molecule has 3 aromatic rings. The quantitative estimate of drug-likeness (QED) is 0.774. The molecule has 1 heterocycles. The highest BCUT2D eigenvalue weighted by atomic mass is 16.5. The van der Waals surface area contributed by atoms with Gasteiger partial charge >= 0.3 is 0 Å². The number of para-hydroxylation sites is 1. The standard InChI is InChI=1S/C20H20N2O2/c1-13-6-8-14(9-7-13)20(15-10-11-15)21-19(23)12-17-16-4-2-3-5-18(16)24-22-17/h2-9,15,20H,10-12H2,1H3,(H,21,23)/t20-/m1/s1. The molecule has 0 spiro atoms. The van der Waals surface area contributed by atoms with E-state index < -0.39 is 0 Å². The lowest BCUT2D eigenvalue weighted by Crippen LogP contribution is -2.31. The van der Waals surface area contributed by atoms with E-state index in [1.807, 2.05) is 24.3 Å². The first-order valence-electron chi connectivity index (χ1n) is 8.40. The summed E-state index contributed by atoms with van der Waals surface area (Å²) in [5.41, 5.74) is 3.83. The van der Waals surface area contributed by atoms with Crippen molar-refractivity contribution < 1.29 is 9.32 Å². The van der Waals surface area contributed by atoms with Crippen molar-refractivity contribution in [2.24, 2.45) is 5.92 Å². The molecule has 4 rings (SSSR count). The Morgan fingerprint density at radius 3 is 2.71 bits per heavy atom. The molecule has 0 bridgehead atoms. The van der Waals surface area contributed by atoms with E-state index in [-0.39, 0.29) is 18.4 Å². The molecule has 1 atom stereocenters. The molecular weight excluding hydrogens is 300 g/mol. The molecule has 0 unspecified atom stereocenters. The number of fused-ring (bicyclic) bond motifs is 1. The van der Waals surface area contributed by atoms with Gasteiger partial charge in [0, 0.05) is 5.39 Å². The third-order valence-corrected chi connectivity index (χ3v) is 4.63. The molecule has 4 nitrogen and oxygen atoms in total. The zero-order valence-corrected chi connectivity index (χ0v) is 13.7. The molecule has 1 aliphatic carbocycles. The first-order chi connectivity index (χ1) is 11.7. The van der Waals surface area contributed by atoms with Gasteiger partial charge < -0.3 is 9.84 Å². The van der Waals surface area contributed by atoms with Crippen molar-refractivity contribution in [1.29, 1.82) is 0 Å². The second-order valence-corrected chi connectivity index (χ2v) is 6.60. The Morgan fingerprint density at radius 2 is 1.96 bits per heavy atom. The van der Waals surface area contributed by atoms with E-state index >= 15 is 0 Å². The van der Waals surface area contributed by atoms with Gasteiger partial charge in [-0.05, 0) is 43.4 Å². The minimum Gasteiger partial charge on any atom is -0.356 e. The zero-order chi connectivity index (χ0) is 16.5. The molecule has 0 aliphatic heterocycles. The van der Waals surface area contributed by atoms with Crippen LogP contribution in [0, 0.1) is 12.8 Å². The van der Waals surface area contributed by atoms with Crippen LogP contribution in [0.2, 0.25) is 0 Å². The highest BCUT2D eigenvalue weighted by Gasteiger charge is 2.33. The molecule has 1 saturated carbocycles. The number of carbonyl (C=O) groups excluding carboxylic acids is 1. The van der Waals surface area contributed by atoms with Crippen LogP contribution in [0.3, 0.4) is 0 Å². The number of amides is 1. The fourth-order valence-electron chi connectivity index (χ4n) is 3.12. The topological polar surface area (TPSA) is 55.1 Å². The SMILES string of the molecule is Cc1ccc([C@@H](NC(=O)Cc2noc3ccccc23)C2CC2)cc1. The number of benzene rings is 2. The first-order valence-corrected chi connectivity index (χ1v) is 8.40. The first kappa shape index (κ1) is 14.9. The largest absolute Gasteiger partial charge is 0.356 e. The number of aryl methyl sites for hydroxylation is 1. The molecule has 1 aliphatic rings.